The molecule has 7 heteroatoms. The Balaban J connectivity index is 0.00000264. The van der Waals surface area contributed by atoms with Crippen LogP contribution < -0.4 is 10.6 Å². The molecule has 2 rings (SSSR count). The van der Waals surface area contributed by atoms with Crippen molar-refractivity contribution in [2.75, 3.05) is 12.4 Å². The van der Waals surface area contributed by atoms with Crippen LogP contribution in [-0.4, -0.2) is 19.1 Å². The second-order valence-electron chi connectivity index (χ2n) is 5.76. The van der Waals surface area contributed by atoms with Gasteiger partial charge >= 0.3 is 6.18 Å². The highest BCUT2D eigenvalue weighted by molar-refractivity contribution is 5.92. The minimum Gasteiger partial charge on any atom is -0.326 e. The summed E-state index contributed by atoms with van der Waals surface area (Å²) in [6.45, 7) is 0.701. The average molecular weight is 351 g/mol. The fourth-order valence-electron chi connectivity index (χ4n) is 2.98. The first-order chi connectivity index (χ1) is 10.4. The normalized spacial score (nSPS) is 21.4. The van der Waals surface area contributed by atoms with Crippen LogP contribution >= 0.6 is 12.4 Å². The predicted octanol–water partition coefficient (Wildman–Crippen LogP) is 4.14. The minimum atomic E-state index is -4.31. The molecule has 23 heavy (non-hydrogen) atoms. The van der Waals surface area contributed by atoms with Gasteiger partial charge in [-0.15, -0.1) is 12.4 Å². The lowest BCUT2D eigenvalue weighted by molar-refractivity contribution is -0.197. The summed E-state index contributed by atoms with van der Waals surface area (Å²) in [6.07, 6.45) is -2.76. The Morgan fingerprint density at radius 1 is 1.17 bits per heavy atom. The smallest absolute Gasteiger partial charge is 0.326 e. The van der Waals surface area contributed by atoms with Crippen LogP contribution in [0.4, 0.5) is 18.9 Å². The third kappa shape index (κ3) is 5.39. The Morgan fingerprint density at radius 3 is 2.35 bits per heavy atom. The monoisotopic (exact) mass is 350 g/mol. The highest BCUT2D eigenvalue weighted by atomic mass is 35.5. The second kappa shape index (κ2) is 8.55. The minimum absolute atomic E-state index is 0. The molecule has 130 valence electrons. The molecular formula is C16H22ClF3N2O. The molecule has 1 amide bonds. The van der Waals surface area contributed by atoms with E-state index in [0.717, 1.165) is 5.56 Å². The summed E-state index contributed by atoms with van der Waals surface area (Å²) in [5.41, 5.74) is 1.59. The van der Waals surface area contributed by atoms with E-state index >= 15 is 0 Å². The summed E-state index contributed by atoms with van der Waals surface area (Å²) >= 11 is 0. The highest BCUT2D eigenvalue weighted by Crippen LogP contribution is 2.41. The number of benzene rings is 1. The fraction of sp³-hybridized carbons (Fsp3) is 0.562. The number of amides is 1. The lowest BCUT2D eigenvalue weighted by Crippen LogP contribution is -2.39. The lowest BCUT2D eigenvalue weighted by Gasteiger charge is -2.32. The maximum Gasteiger partial charge on any atom is 0.392 e. The summed E-state index contributed by atoms with van der Waals surface area (Å²) < 4.78 is 39.1. The van der Waals surface area contributed by atoms with Crippen molar-refractivity contribution in [1.82, 2.24) is 5.32 Å². The van der Waals surface area contributed by atoms with Crippen LogP contribution in [0.5, 0.6) is 0 Å². The number of hydrogen-bond acceptors (Lipinski definition) is 2. The van der Waals surface area contributed by atoms with Crippen molar-refractivity contribution < 1.29 is 18.0 Å². The van der Waals surface area contributed by atoms with Crippen molar-refractivity contribution in [3.63, 3.8) is 0 Å². The van der Waals surface area contributed by atoms with Crippen molar-refractivity contribution in [3.05, 3.63) is 29.8 Å². The Bertz CT molecular complexity index is 505. The number of carbonyl (C=O) groups excluding carboxylic acids is 1. The lowest BCUT2D eigenvalue weighted by atomic mass is 9.78. The molecule has 1 aliphatic rings. The quantitative estimate of drug-likeness (QED) is 0.857. The van der Waals surface area contributed by atoms with Crippen molar-refractivity contribution in [3.8, 4) is 0 Å². The molecule has 1 aromatic rings. The van der Waals surface area contributed by atoms with Gasteiger partial charge in [-0.25, -0.2) is 0 Å². The van der Waals surface area contributed by atoms with Crippen molar-refractivity contribution in [2.45, 2.75) is 38.4 Å². The van der Waals surface area contributed by atoms with Gasteiger partial charge in [0.2, 0.25) is 5.91 Å². The van der Waals surface area contributed by atoms with Crippen LogP contribution in [0.2, 0.25) is 0 Å². The van der Waals surface area contributed by atoms with E-state index in [0.29, 0.717) is 31.5 Å². The molecule has 0 aliphatic heterocycles. The molecule has 2 unspecified atom stereocenters. The van der Waals surface area contributed by atoms with E-state index in [1.165, 1.54) is 0 Å². The molecular weight excluding hydrogens is 329 g/mol. The van der Waals surface area contributed by atoms with Crippen LogP contribution in [0, 0.1) is 11.8 Å². The van der Waals surface area contributed by atoms with E-state index in [-0.39, 0.29) is 18.8 Å². The summed E-state index contributed by atoms with van der Waals surface area (Å²) in [5, 5.41) is 5.63. The standard InChI is InChI=1S/C16H21F3N2O.ClH/c1-20-10-11-6-8-12(9-7-11)21-15(22)13-4-2-3-5-14(13)16(17,18)19;/h6-9,13-14,20H,2-5,10H2,1H3,(H,21,22);1H. The number of nitrogens with one attached hydrogen (secondary N) is 2. The number of halogens is 4. The zero-order chi connectivity index (χ0) is 16.2. The molecule has 1 aliphatic carbocycles. The molecule has 0 saturated heterocycles. The molecule has 0 heterocycles. The van der Waals surface area contributed by atoms with Gasteiger partial charge in [0.15, 0.2) is 0 Å². The van der Waals surface area contributed by atoms with E-state index in [1.807, 2.05) is 19.2 Å². The number of anilines is 1. The zero-order valence-electron chi connectivity index (χ0n) is 13.0. The van der Waals surface area contributed by atoms with E-state index in [2.05, 4.69) is 10.6 Å². The molecule has 2 N–H and O–H groups in total. The van der Waals surface area contributed by atoms with E-state index in [4.69, 9.17) is 0 Å². The third-order valence-electron chi connectivity index (χ3n) is 4.13. The van der Waals surface area contributed by atoms with Crippen molar-refractivity contribution in [2.24, 2.45) is 11.8 Å². The van der Waals surface area contributed by atoms with Gasteiger partial charge in [0, 0.05) is 18.2 Å². The summed E-state index contributed by atoms with van der Waals surface area (Å²) in [4.78, 5) is 12.2. The molecule has 1 aromatic carbocycles. The first kappa shape index (κ1) is 19.8. The SMILES string of the molecule is CNCc1ccc(NC(=O)C2CCCCC2C(F)(F)F)cc1.Cl. The molecule has 0 spiro atoms. The molecule has 1 saturated carbocycles. The van der Waals surface area contributed by atoms with Gasteiger partial charge in [-0.3, -0.25) is 4.79 Å². The Kier molecular flexibility index (Phi) is 7.35. The van der Waals surface area contributed by atoms with Crippen LogP contribution in [0.1, 0.15) is 31.2 Å². The zero-order valence-corrected chi connectivity index (χ0v) is 13.8. The average Bonchev–Trinajstić information content (AvgIpc) is 2.48. The number of alkyl halides is 3. The van der Waals surface area contributed by atoms with Crippen LogP contribution in [0.25, 0.3) is 0 Å². The van der Waals surface area contributed by atoms with Gasteiger partial charge in [-0.1, -0.05) is 25.0 Å². The van der Waals surface area contributed by atoms with Gasteiger partial charge in [0.25, 0.3) is 0 Å². The van der Waals surface area contributed by atoms with Crippen LogP contribution in [0.3, 0.4) is 0 Å². The highest BCUT2D eigenvalue weighted by Gasteiger charge is 2.47. The van der Waals surface area contributed by atoms with Gasteiger partial charge in [0.05, 0.1) is 5.92 Å². The number of rotatable bonds is 4. The van der Waals surface area contributed by atoms with E-state index in [1.54, 1.807) is 12.1 Å². The topological polar surface area (TPSA) is 41.1 Å². The third-order valence-corrected chi connectivity index (χ3v) is 4.13. The molecule has 0 aromatic heterocycles. The Labute approximate surface area is 140 Å². The van der Waals surface area contributed by atoms with E-state index in [9.17, 15) is 18.0 Å². The molecule has 3 nitrogen and oxygen atoms in total. The van der Waals surface area contributed by atoms with Gasteiger partial charge in [-0.05, 0) is 37.6 Å². The van der Waals surface area contributed by atoms with Crippen LogP contribution in [0.15, 0.2) is 24.3 Å². The number of hydrogen-bond donors (Lipinski definition) is 2. The molecule has 2 atom stereocenters. The van der Waals surface area contributed by atoms with E-state index < -0.39 is 23.9 Å². The largest absolute Gasteiger partial charge is 0.392 e. The van der Waals surface area contributed by atoms with Gasteiger partial charge in [0.1, 0.15) is 0 Å². The fourth-order valence-corrected chi connectivity index (χ4v) is 2.98. The Morgan fingerprint density at radius 2 is 1.78 bits per heavy atom. The first-order valence-electron chi connectivity index (χ1n) is 7.53. The number of carbonyl (C=O) groups is 1. The maximum absolute atomic E-state index is 13.0. The van der Waals surface area contributed by atoms with Crippen molar-refractivity contribution >= 4 is 24.0 Å². The maximum atomic E-state index is 13.0. The second-order valence-corrected chi connectivity index (χ2v) is 5.76. The van der Waals surface area contributed by atoms with Gasteiger partial charge < -0.3 is 10.6 Å². The van der Waals surface area contributed by atoms with Crippen LogP contribution in [-0.2, 0) is 11.3 Å². The van der Waals surface area contributed by atoms with Crippen molar-refractivity contribution in [1.29, 1.82) is 0 Å². The molecule has 0 bridgehead atoms. The first-order valence-corrected chi connectivity index (χ1v) is 7.53. The summed E-state index contributed by atoms with van der Waals surface area (Å²) in [6, 6.07) is 7.12. The molecule has 0 radical (unpaired) electrons. The summed E-state index contributed by atoms with van der Waals surface area (Å²) in [5.74, 6) is -3.03. The summed E-state index contributed by atoms with van der Waals surface area (Å²) in [7, 11) is 1.83. The van der Waals surface area contributed by atoms with Gasteiger partial charge in [-0.2, -0.15) is 13.2 Å². The molecule has 1 fully saturated rings. The Hall–Kier alpha value is -1.27. The predicted molar refractivity (Wildman–Crippen MR) is 86.6 cm³/mol.